The van der Waals surface area contributed by atoms with Crippen molar-refractivity contribution in [1.82, 2.24) is 0 Å². The summed E-state index contributed by atoms with van der Waals surface area (Å²) in [6, 6.07) is 9.00. The molecule has 0 radical (unpaired) electrons. The fourth-order valence-electron chi connectivity index (χ4n) is 1.65. The molecule has 0 unspecified atom stereocenters. The van der Waals surface area contributed by atoms with Crippen molar-refractivity contribution in [3.05, 3.63) is 55.2 Å². The summed E-state index contributed by atoms with van der Waals surface area (Å²) in [7, 11) is 0. The highest BCUT2D eigenvalue weighted by Gasteiger charge is 2.12. The van der Waals surface area contributed by atoms with Gasteiger partial charge in [0.2, 0.25) is 0 Å². The maximum atomic E-state index is 12.2. The molecule has 2 aromatic rings. The number of hydrogen-bond acceptors (Lipinski definition) is 3. The Hall–Kier alpha value is -1.61. The first-order chi connectivity index (χ1) is 10.0. The fraction of sp³-hybridized carbons (Fsp3) is 0.0667. The molecule has 1 amide bonds. The first-order valence-corrected chi connectivity index (χ1v) is 7.98. The molecule has 1 aromatic heterocycles. The Kier molecular flexibility index (Phi) is 5.18. The molecule has 1 heterocycles. The van der Waals surface area contributed by atoms with E-state index in [1.165, 1.54) is 11.3 Å². The largest absolute Gasteiger partial charge is 0.321 e. The standard InChI is InChI=1S/C15H10BrClN2OS/c1-9-12(17)3-2-4-13(9)19-15(20)11(7-18)5-10-6-14(16)21-8-10/h2-6,8H,1H3,(H,19,20)/b11-5+. The molecule has 3 nitrogen and oxygen atoms in total. The lowest BCUT2D eigenvalue weighted by atomic mass is 10.1. The molecule has 106 valence electrons. The van der Waals surface area contributed by atoms with Crippen molar-refractivity contribution in [2.75, 3.05) is 5.32 Å². The highest BCUT2D eigenvalue weighted by molar-refractivity contribution is 9.11. The van der Waals surface area contributed by atoms with Gasteiger partial charge in [-0.3, -0.25) is 4.79 Å². The summed E-state index contributed by atoms with van der Waals surface area (Å²) in [5.74, 6) is -0.454. The molecule has 0 saturated carbocycles. The average Bonchev–Trinajstić information content (AvgIpc) is 2.86. The molecule has 0 aliphatic carbocycles. The number of carbonyl (C=O) groups excluding carboxylic acids is 1. The first-order valence-electron chi connectivity index (χ1n) is 5.93. The van der Waals surface area contributed by atoms with Crippen molar-refractivity contribution in [3.8, 4) is 6.07 Å². The Morgan fingerprint density at radius 2 is 2.29 bits per heavy atom. The Labute approximate surface area is 140 Å². The molecule has 0 saturated heterocycles. The maximum absolute atomic E-state index is 12.2. The van der Waals surface area contributed by atoms with Gasteiger partial charge in [-0.25, -0.2) is 0 Å². The minimum atomic E-state index is -0.454. The van der Waals surface area contributed by atoms with E-state index < -0.39 is 5.91 Å². The number of rotatable bonds is 3. The predicted octanol–water partition coefficient (Wildman–Crippen LogP) is 5.02. The van der Waals surface area contributed by atoms with Crippen LogP contribution in [0.3, 0.4) is 0 Å². The lowest BCUT2D eigenvalue weighted by Crippen LogP contribution is -2.14. The van der Waals surface area contributed by atoms with E-state index in [0.717, 1.165) is 14.9 Å². The second-order valence-electron chi connectivity index (χ2n) is 4.22. The van der Waals surface area contributed by atoms with Crippen LogP contribution in [0.25, 0.3) is 6.08 Å². The smallest absolute Gasteiger partial charge is 0.266 e. The molecule has 0 bridgehead atoms. The molecule has 0 spiro atoms. The fourth-order valence-corrected chi connectivity index (χ4v) is 2.96. The van der Waals surface area contributed by atoms with Crippen molar-refractivity contribution in [1.29, 1.82) is 5.26 Å². The minimum absolute atomic E-state index is 0.0414. The molecule has 0 atom stereocenters. The molecular weight excluding hydrogens is 372 g/mol. The monoisotopic (exact) mass is 380 g/mol. The normalized spacial score (nSPS) is 11.0. The number of amides is 1. The van der Waals surface area contributed by atoms with E-state index in [2.05, 4.69) is 21.2 Å². The van der Waals surface area contributed by atoms with Gasteiger partial charge in [0.1, 0.15) is 11.6 Å². The molecular formula is C15H10BrClN2OS. The average molecular weight is 382 g/mol. The van der Waals surface area contributed by atoms with Crippen molar-refractivity contribution >= 4 is 56.5 Å². The van der Waals surface area contributed by atoms with Crippen LogP contribution in [0.4, 0.5) is 5.69 Å². The lowest BCUT2D eigenvalue weighted by molar-refractivity contribution is -0.112. The van der Waals surface area contributed by atoms with Gasteiger partial charge < -0.3 is 5.32 Å². The van der Waals surface area contributed by atoms with Gasteiger partial charge in [-0.1, -0.05) is 17.7 Å². The zero-order chi connectivity index (χ0) is 15.4. The van der Waals surface area contributed by atoms with E-state index in [1.807, 2.05) is 24.4 Å². The molecule has 21 heavy (non-hydrogen) atoms. The summed E-state index contributed by atoms with van der Waals surface area (Å²) in [4.78, 5) is 12.2. The van der Waals surface area contributed by atoms with E-state index in [9.17, 15) is 4.79 Å². The zero-order valence-corrected chi connectivity index (χ0v) is 14.1. The number of carbonyl (C=O) groups is 1. The van der Waals surface area contributed by atoms with Gasteiger partial charge in [0.25, 0.3) is 5.91 Å². The summed E-state index contributed by atoms with van der Waals surface area (Å²) >= 11 is 10.8. The van der Waals surface area contributed by atoms with E-state index in [-0.39, 0.29) is 5.57 Å². The Morgan fingerprint density at radius 3 is 2.90 bits per heavy atom. The van der Waals surface area contributed by atoms with E-state index in [4.69, 9.17) is 16.9 Å². The Morgan fingerprint density at radius 1 is 1.52 bits per heavy atom. The number of hydrogen-bond donors (Lipinski definition) is 1. The van der Waals surface area contributed by atoms with Gasteiger partial charge >= 0.3 is 0 Å². The second-order valence-corrected chi connectivity index (χ2v) is 6.92. The summed E-state index contributed by atoms with van der Waals surface area (Å²) in [5, 5.41) is 14.3. The lowest BCUT2D eigenvalue weighted by Gasteiger charge is -2.08. The quantitative estimate of drug-likeness (QED) is 0.599. The minimum Gasteiger partial charge on any atom is -0.321 e. The third-order valence-electron chi connectivity index (χ3n) is 2.78. The second kappa shape index (κ2) is 6.90. The number of halogens is 2. The summed E-state index contributed by atoms with van der Waals surface area (Å²) in [6.07, 6.45) is 1.55. The third-order valence-corrected chi connectivity index (χ3v) is 4.71. The SMILES string of the molecule is Cc1c(Cl)cccc1NC(=O)/C(C#N)=C/c1csc(Br)c1. The van der Waals surface area contributed by atoms with E-state index >= 15 is 0 Å². The number of anilines is 1. The predicted molar refractivity (Wildman–Crippen MR) is 90.4 cm³/mol. The van der Waals surface area contributed by atoms with E-state index in [1.54, 1.807) is 24.3 Å². The van der Waals surface area contributed by atoms with Crippen LogP contribution >= 0.6 is 38.9 Å². The molecule has 0 fully saturated rings. The van der Waals surface area contributed by atoms with Gasteiger partial charge in [-0.15, -0.1) is 11.3 Å². The number of nitriles is 1. The molecule has 0 aliphatic heterocycles. The molecule has 0 aliphatic rings. The van der Waals surface area contributed by atoms with Crippen LogP contribution in [0.5, 0.6) is 0 Å². The Bertz CT molecular complexity index is 761. The van der Waals surface area contributed by atoms with Crippen LogP contribution in [0, 0.1) is 18.3 Å². The van der Waals surface area contributed by atoms with Crippen molar-refractivity contribution in [2.24, 2.45) is 0 Å². The number of thiophene rings is 1. The van der Waals surface area contributed by atoms with Gasteiger partial charge in [0.05, 0.1) is 3.79 Å². The zero-order valence-electron chi connectivity index (χ0n) is 11.0. The van der Waals surface area contributed by atoms with Gasteiger partial charge in [0, 0.05) is 10.7 Å². The van der Waals surface area contributed by atoms with Crippen LogP contribution in [0.15, 0.2) is 39.0 Å². The maximum Gasteiger partial charge on any atom is 0.266 e. The van der Waals surface area contributed by atoms with Crippen LogP contribution in [-0.2, 0) is 4.79 Å². The number of nitrogens with one attached hydrogen (secondary N) is 1. The topological polar surface area (TPSA) is 52.9 Å². The highest BCUT2D eigenvalue weighted by atomic mass is 79.9. The summed E-state index contributed by atoms with van der Waals surface area (Å²) < 4.78 is 0.942. The number of nitrogens with zero attached hydrogens (tertiary/aromatic N) is 1. The van der Waals surface area contributed by atoms with E-state index in [0.29, 0.717) is 10.7 Å². The molecule has 6 heteroatoms. The molecule has 1 aromatic carbocycles. The van der Waals surface area contributed by atoms with Crippen LogP contribution in [-0.4, -0.2) is 5.91 Å². The van der Waals surface area contributed by atoms with Gasteiger partial charge in [-0.05, 0) is 63.6 Å². The first kappa shape index (κ1) is 15.8. The van der Waals surface area contributed by atoms with Crippen LogP contribution in [0.1, 0.15) is 11.1 Å². The van der Waals surface area contributed by atoms with Gasteiger partial charge in [0.15, 0.2) is 0 Å². The van der Waals surface area contributed by atoms with Crippen molar-refractivity contribution in [3.63, 3.8) is 0 Å². The molecule has 1 N–H and O–H groups in total. The summed E-state index contributed by atoms with van der Waals surface area (Å²) in [5.41, 5.74) is 2.21. The van der Waals surface area contributed by atoms with Crippen LogP contribution in [0.2, 0.25) is 5.02 Å². The molecule has 2 rings (SSSR count). The van der Waals surface area contributed by atoms with Crippen molar-refractivity contribution in [2.45, 2.75) is 6.92 Å². The summed E-state index contributed by atoms with van der Waals surface area (Å²) in [6.45, 7) is 1.81. The Balaban J connectivity index is 2.24. The van der Waals surface area contributed by atoms with Crippen molar-refractivity contribution < 1.29 is 4.79 Å². The number of benzene rings is 1. The third kappa shape index (κ3) is 3.94. The highest BCUT2D eigenvalue weighted by Crippen LogP contribution is 2.25. The van der Waals surface area contributed by atoms with Crippen LogP contribution < -0.4 is 5.32 Å². The van der Waals surface area contributed by atoms with Gasteiger partial charge in [-0.2, -0.15) is 5.26 Å².